The van der Waals surface area contributed by atoms with Crippen LogP contribution in [0, 0.1) is 5.82 Å². The normalized spacial score (nSPS) is 11.0. The van der Waals surface area contributed by atoms with Crippen LogP contribution in [-0.2, 0) is 16.4 Å². The number of benzene rings is 2. The molecule has 6 nitrogen and oxygen atoms in total. The smallest absolute Gasteiger partial charge is 0.319 e. The number of nitrogens with one attached hydrogen (secondary N) is 2. The fourth-order valence-electron chi connectivity index (χ4n) is 2.33. The molecule has 0 aliphatic heterocycles. The van der Waals surface area contributed by atoms with E-state index in [9.17, 15) is 17.6 Å². The first-order chi connectivity index (χ1) is 12.9. The lowest BCUT2D eigenvalue weighted by Gasteiger charge is -2.09. The number of hydrogen-bond donors (Lipinski definition) is 2. The molecule has 0 spiro atoms. The summed E-state index contributed by atoms with van der Waals surface area (Å²) in [4.78, 5) is 15.9. The molecular weight excluding hydrogens is 369 g/mol. The van der Waals surface area contributed by atoms with Crippen molar-refractivity contribution in [3.63, 3.8) is 0 Å². The summed E-state index contributed by atoms with van der Waals surface area (Å²) in [6, 6.07) is 13.5. The highest BCUT2D eigenvalue weighted by Crippen LogP contribution is 2.22. The first-order valence-electron chi connectivity index (χ1n) is 7.99. The van der Waals surface area contributed by atoms with E-state index in [0.717, 1.165) is 17.7 Å². The SMILES string of the molecule is O=C(NCc1ccncc1)Nc1ccc(S(=O)(=O)c2ccc(F)cc2)cc1. The summed E-state index contributed by atoms with van der Waals surface area (Å²) in [7, 11) is -3.75. The molecular formula is C19H16FN3O3S. The van der Waals surface area contributed by atoms with Crippen LogP contribution in [0.5, 0.6) is 0 Å². The first kappa shape index (κ1) is 18.5. The van der Waals surface area contributed by atoms with Gasteiger partial charge >= 0.3 is 6.03 Å². The molecule has 138 valence electrons. The van der Waals surface area contributed by atoms with Crippen LogP contribution in [0.1, 0.15) is 5.56 Å². The van der Waals surface area contributed by atoms with E-state index in [1.807, 2.05) is 0 Å². The molecule has 0 aliphatic rings. The van der Waals surface area contributed by atoms with Gasteiger partial charge in [0.15, 0.2) is 0 Å². The Morgan fingerprint density at radius 2 is 1.44 bits per heavy atom. The average molecular weight is 385 g/mol. The van der Waals surface area contributed by atoms with Gasteiger partial charge in [-0.2, -0.15) is 0 Å². The zero-order valence-electron chi connectivity index (χ0n) is 14.1. The second kappa shape index (κ2) is 7.96. The van der Waals surface area contributed by atoms with Gasteiger partial charge in [0.2, 0.25) is 9.84 Å². The highest BCUT2D eigenvalue weighted by atomic mass is 32.2. The summed E-state index contributed by atoms with van der Waals surface area (Å²) in [5.41, 5.74) is 1.35. The number of carbonyl (C=O) groups excluding carboxylic acids is 1. The van der Waals surface area contributed by atoms with Crippen LogP contribution in [-0.4, -0.2) is 19.4 Å². The molecule has 3 rings (SSSR count). The third-order valence-electron chi connectivity index (χ3n) is 3.75. The van der Waals surface area contributed by atoms with Gasteiger partial charge in [0.1, 0.15) is 5.82 Å². The van der Waals surface area contributed by atoms with Crippen LogP contribution in [0.2, 0.25) is 0 Å². The highest BCUT2D eigenvalue weighted by molar-refractivity contribution is 7.91. The minimum atomic E-state index is -3.75. The molecule has 0 bridgehead atoms. The van der Waals surface area contributed by atoms with Gasteiger partial charge in [0.25, 0.3) is 0 Å². The Morgan fingerprint density at radius 3 is 2.04 bits per heavy atom. The van der Waals surface area contributed by atoms with Crippen molar-refractivity contribution in [1.29, 1.82) is 0 Å². The van der Waals surface area contributed by atoms with Gasteiger partial charge in [-0.15, -0.1) is 0 Å². The van der Waals surface area contributed by atoms with Crippen LogP contribution in [0.4, 0.5) is 14.9 Å². The summed E-state index contributed by atoms with van der Waals surface area (Å²) in [6.07, 6.45) is 3.27. The summed E-state index contributed by atoms with van der Waals surface area (Å²) >= 11 is 0. The van der Waals surface area contributed by atoms with E-state index in [1.54, 1.807) is 24.5 Å². The van der Waals surface area contributed by atoms with Gasteiger partial charge in [-0.25, -0.2) is 17.6 Å². The maximum absolute atomic E-state index is 13.0. The minimum Gasteiger partial charge on any atom is -0.334 e. The molecule has 0 aliphatic carbocycles. The van der Waals surface area contributed by atoms with E-state index in [4.69, 9.17) is 0 Å². The number of anilines is 1. The number of hydrogen-bond acceptors (Lipinski definition) is 4. The maximum atomic E-state index is 13.0. The molecule has 0 radical (unpaired) electrons. The van der Waals surface area contributed by atoms with E-state index in [-0.39, 0.29) is 9.79 Å². The number of halogens is 1. The number of rotatable bonds is 5. The first-order valence-corrected chi connectivity index (χ1v) is 9.48. The average Bonchev–Trinajstić information content (AvgIpc) is 2.68. The lowest BCUT2D eigenvalue weighted by Crippen LogP contribution is -2.28. The van der Waals surface area contributed by atoms with Crippen LogP contribution < -0.4 is 10.6 Å². The molecule has 0 saturated heterocycles. The van der Waals surface area contributed by atoms with Gasteiger partial charge in [-0.05, 0) is 66.2 Å². The maximum Gasteiger partial charge on any atom is 0.319 e. The van der Waals surface area contributed by atoms with Crippen molar-refractivity contribution in [2.24, 2.45) is 0 Å². The zero-order valence-corrected chi connectivity index (χ0v) is 14.9. The van der Waals surface area contributed by atoms with Crippen molar-refractivity contribution in [2.45, 2.75) is 16.3 Å². The Kier molecular flexibility index (Phi) is 5.46. The molecule has 1 aromatic heterocycles. The second-order valence-corrected chi connectivity index (χ2v) is 7.59. The number of amides is 2. The predicted molar refractivity (Wildman–Crippen MR) is 98.4 cm³/mol. The van der Waals surface area contributed by atoms with E-state index in [1.165, 1.54) is 36.4 Å². The summed E-state index contributed by atoms with van der Waals surface area (Å²) in [6.45, 7) is 0.339. The van der Waals surface area contributed by atoms with Crippen LogP contribution in [0.25, 0.3) is 0 Å². The Labute approximate surface area is 156 Å². The summed E-state index contributed by atoms with van der Waals surface area (Å²) in [5, 5.41) is 5.32. The lowest BCUT2D eigenvalue weighted by atomic mass is 10.3. The Morgan fingerprint density at radius 1 is 0.889 bits per heavy atom. The molecule has 27 heavy (non-hydrogen) atoms. The number of pyridine rings is 1. The van der Waals surface area contributed by atoms with Gasteiger partial charge in [0, 0.05) is 24.6 Å². The van der Waals surface area contributed by atoms with E-state index >= 15 is 0 Å². The minimum absolute atomic E-state index is 0.000275. The zero-order chi connectivity index (χ0) is 19.3. The van der Waals surface area contributed by atoms with Crippen molar-refractivity contribution >= 4 is 21.6 Å². The highest BCUT2D eigenvalue weighted by Gasteiger charge is 2.17. The van der Waals surface area contributed by atoms with Crippen LogP contribution in [0.15, 0.2) is 82.8 Å². The molecule has 3 aromatic rings. The molecule has 0 atom stereocenters. The van der Waals surface area contributed by atoms with Crippen molar-refractivity contribution in [3.05, 3.63) is 84.4 Å². The fourth-order valence-corrected chi connectivity index (χ4v) is 3.59. The van der Waals surface area contributed by atoms with Gasteiger partial charge in [-0.3, -0.25) is 4.98 Å². The van der Waals surface area contributed by atoms with Gasteiger partial charge in [0.05, 0.1) is 9.79 Å². The van der Waals surface area contributed by atoms with Crippen LogP contribution >= 0.6 is 0 Å². The molecule has 1 heterocycles. The van der Waals surface area contributed by atoms with Crippen LogP contribution in [0.3, 0.4) is 0 Å². The molecule has 0 unspecified atom stereocenters. The fraction of sp³-hybridized carbons (Fsp3) is 0.0526. The monoisotopic (exact) mass is 385 g/mol. The van der Waals surface area contributed by atoms with Gasteiger partial charge in [-0.1, -0.05) is 0 Å². The standard InChI is InChI=1S/C19H16FN3O3S/c20-15-1-5-17(6-2-15)27(25,26)18-7-3-16(4-8-18)23-19(24)22-13-14-9-11-21-12-10-14/h1-12H,13H2,(H2,22,23,24). The van der Waals surface area contributed by atoms with Crippen molar-refractivity contribution in [2.75, 3.05) is 5.32 Å². The third kappa shape index (κ3) is 4.68. The second-order valence-electron chi connectivity index (χ2n) is 5.64. The molecule has 8 heteroatoms. The summed E-state index contributed by atoms with van der Waals surface area (Å²) in [5.74, 6) is -0.508. The van der Waals surface area contributed by atoms with Crippen molar-refractivity contribution in [1.82, 2.24) is 10.3 Å². The Hall–Kier alpha value is -3.26. The lowest BCUT2D eigenvalue weighted by molar-refractivity contribution is 0.251. The predicted octanol–water partition coefficient (Wildman–Crippen LogP) is 3.38. The van der Waals surface area contributed by atoms with E-state index < -0.39 is 21.7 Å². The van der Waals surface area contributed by atoms with Gasteiger partial charge < -0.3 is 10.6 Å². The molecule has 0 fully saturated rings. The summed E-state index contributed by atoms with van der Waals surface area (Å²) < 4.78 is 38.0. The Balaban J connectivity index is 1.64. The molecule has 2 aromatic carbocycles. The van der Waals surface area contributed by atoms with Crippen molar-refractivity contribution in [3.8, 4) is 0 Å². The number of nitrogens with zero attached hydrogens (tertiary/aromatic N) is 1. The molecule has 2 amide bonds. The molecule has 2 N–H and O–H groups in total. The topological polar surface area (TPSA) is 88.2 Å². The quantitative estimate of drug-likeness (QED) is 0.659. The third-order valence-corrected chi connectivity index (χ3v) is 5.53. The number of carbonyl (C=O) groups is 1. The number of urea groups is 1. The molecule has 0 saturated carbocycles. The van der Waals surface area contributed by atoms with Crippen molar-refractivity contribution < 1.29 is 17.6 Å². The number of aromatic nitrogens is 1. The number of sulfone groups is 1. The van der Waals surface area contributed by atoms with E-state index in [0.29, 0.717) is 12.2 Å². The Bertz CT molecular complexity index is 1020. The largest absolute Gasteiger partial charge is 0.334 e. The van der Waals surface area contributed by atoms with E-state index in [2.05, 4.69) is 15.6 Å².